The Hall–Kier alpha value is -0.480. The summed E-state index contributed by atoms with van der Waals surface area (Å²) in [5.41, 5.74) is 0. The van der Waals surface area contributed by atoms with E-state index in [9.17, 15) is 0 Å². The number of nitrogens with one attached hydrogen (secondary N) is 1. The van der Waals surface area contributed by atoms with Gasteiger partial charge in [-0.2, -0.15) is 0 Å². The second kappa shape index (κ2) is 6.09. The lowest BCUT2D eigenvalue weighted by atomic mass is 10.3. The normalized spacial score (nSPS) is 13.1. The summed E-state index contributed by atoms with van der Waals surface area (Å²) in [5, 5.41) is 4.55. The largest absolute Gasteiger partial charge is 0.329 e. The number of imidazole rings is 1. The smallest absolute Gasteiger partial charge is 0.167 e. The topological polar surface area (TPSA) is 29.9 Å². The van der Waals surface area contributed by atoms with E-state index >= 15 is 0 Å². The van der Waals surface area contributed by atoms with E-state index in [1.807, 2.05) is 24.0 Å². The molecule has 1 aromatic heterocycles. The third kappa shape index (κ3) is 3.72. The minimum absolute atomic E-state index is 0.622. The minimum Gasteiger partial charge on any atom is -0.329 e. The molecule has 0 saturated heterocycles. The molecule has 0 aromatic carbocycles. The number of hydrogen-bond acceptors (Lipinski definition) is 3. The Morgan fingerprint density at radius 3 is 3.00 bits per heavy atom. The quantitative estimate of drug-likeness (QED) is 0.578. The summed E-state index contributed by atoms with van der Waals surface area (Å²) in [4.78, 5) is 4.25. The van der Waals surface area contributed by atoms with Gasteiger partial charge in [-0.15, -0.1) is 0 Å². The van der Waals surface area contributed by atoms with Gasteiger partial charge in [-0.05, 0) is 13.3 Å². The number of nitrogens with zero attached hydrogens (tertiary/aromatic N) is 2. The van der Waals surface area contributed by atoms with Crippen LogP contribution in [0.5, 0.6) is 0 Å². The molecule has 14 heavy (non-hydrogen) atoms. The number of aromatic nitrogens is 2. The van der Waals surface area contributed by atoms with Gasteiger partial charge in [0, 0.05) is 37.8 Å². The number of thioether (sulfide) groups is 1. The van der Waals surface area contributed by atoms with Crippen molar-refractivity contribution >= 4 is 11.8 Å². The Morgan fingerprint density at radius 2 is 2.43 bits per heavy atom. The monoisotopic (exact) mass is 213 g/mol. The van der Waals surface area contributed by atoms with E-state index in [0.717, 1.165) is 17.5 Å². The molecule has 0 spiro atoms. The van der Waals surface area contributed by atoms with Crippen molar-refractivity contribution in [1.29, 1.82) is 0 Å². The molecule has 1 rings (SSSR count). The molecule has 1 N–H and O–H groups in total. The van der Waals surface area contributed by atoms with Crippen molar-refractivity contribution in [1.82, 2.24) is 14.9 Å². The van der Waals surface area contributed by atoms with E-state index in [4.69, 9.17) is 0 Å². The fourth-order valence-electron chi connectivity index (χ4n) is 1.08. The maximum Gasteiger partial charge on any atom is 0.167 e. The molecule has 1 unspecified atom stereocenters. The van der Waals surface area contributed by atoms with Crippen molar-refractivity contribution in [2.45, 2.75) is 31.5 Å². The molecule has 3 nitrogen and oxygen atoms in total. The Bertz CT molecular complexity index is 260. The highest BCUT2D eigenvalue weighted by Gasteiger charge is 2.00. The molecule has 1 atom stereocenters. The molecule has 1 aromatic rings. The first-order valence-electron chi connectivity index (χ1n) is 5.07. The molecule has 0 aliphatic carbocycles. The molecule has 0 aliphatic rings. The Morgan fingerprint density at radius 1 is 1.64 bits per heavy atom. The lowest BCUT2D eigenvalue weighted by Crippen LogP contribution is -2.27. The molecule has 0 bridgehead atoms. The van der Waals surface area contributed by atoms with Crippen LogP contribution in [0, 0.1) is 0 Å². The van der Waals surface area contributed by atoms with Crippen LogP contribution in [0.25, 0.3) is 0 Å². The fourth-order valence-corrected chi connectivity index (χ4v) is 1.89. The number of rotatable bonds is 6. The first-order valence-corrected chi connectivity index (χ1v) is 6.06. The van der Waals surface area contributed by atoms with Gasteiger partial charge in [0.1, 0.15) is 0 Å². The highest BCUT2D eigenvalue weighted by Crippen LogP contribution is 2.12. The summed E-state index contributed by atoms with van der Waals surface area (Å²) in [6.07, 6.45) is 5.00. The molecule has 0 saturated carbocycles. The Kier molecular flexibility index (Phi) is 5.04. The predicted octanol–water partition coefficient (Wildman–Crippen LogP) is 1.90. The van der Waals surface area contributed by atoms with Crippen molar-refractivity contribution in [2.75, 3.05) is 12.3 Å². The van der Waals surface area contributed by atoms with Gasteiger partial charge in [0.25, 0.3) is 0 Å². The van der Waals surface area contributed by atoms with Crippen molar-refractivity contribution in [3.05, 3.63) is 12.4 Å². The van der Waals surface area contributed by atoms with Crippen LogP contribution >= 0.6 is 11.8 Å². The molecular formula is C10H19N3S. The third-order valence-corrected chi connectivity index (χ3v) is 3.28. The molecule has 0 radical (unpaired) electrons. The lowest BCUT2D eigenvalue weighted by molar-refractivity contribution is 0.555. The van der Waals surface area contributed by atoms with Crippen molar-refractivity contribution in [3.8, 4) is 0 Å². The zero-order valence-corrected chi connectivity index (χ0v) is 9.97. The van der Waals surface area contributed by atoms with Gasteiger partial charge in [-0.3, -0.25) is 0 Å². The average molecular weight is 213 g/mol. The minimum atomic E-state index is 0.622. The second-order valence-electron chi connectivity index (χ2n) is 3.43. The first-order chi connectivity index (χ1) is 6.74. The maximum absolute atomic E-state index is 4.25. The zero-order chi connectivity index (χ0) is 10.4. The molecule has 4 heteroatoms. The molecule has 0 aliphatic heterocycles. The van der Waals surface area contributed by atoms with Crippen molar-refractivity contribution < 1.29 is 0 Å². The van der Waals surface area contributed by atoms with E-state index in [1.165, 1.54) is 6.42 Å². The van der Waals surface area contributed by atoms with Gasteiger partial charge in [-0.25, -0.2) is 4.98 Å². The van der Waals surface area contributed by atoms with Gasteiger partial charge in [-0.1, -0.05) is 18.7 Å². The van der Waals surface area contributed by atoms with Gasteiger partial charge in [0.2, 0.25) is 0 Å². The summed E-state index contributed by atoms with van der Waals surface area (Å²) < 4.78 is 2.05. The standard InChI is InChI=1S/C10H19N3S/c1-4-9(2)11-6-8-14-10-12-5-7-13(10)3/h5,7,9,11H,4,6,8H2,1-3H3. The number of aryl methyl sites for hydroxylation is 1. The predicted molar refractivity (Wildman–Crippen MR) is 61.7 cm³/mol. The lowest BCUT2D eigenvalue weighted by Gasteiger charge is -2.10. The summed E-state index contributed by atoms with van der Waals surface area (Å²) >= 11 is 1.80. The van der Waals surface area contributed by atoms with E-state index in [0.29, 0.717) is 6.04 Å². The highest BCUT2D eigenvalue weighted by atomic mass is 32.2. The molecule has 80 valence electrons. The van der Waals surface area contributed by atoms with Crippen molar-refractivity contribution in [3.63, 3.8) is 0 Å². The van der Waals surface area contributed by atoms with Crippen LogP contribution < -0.4 is 5.32 Å². The van der Waals surface area contributed by atoms with Crippen LogP contribution in [-0.2, 0) is 7.05 Å². The average Bonchev–Trinajstić information content (AvgIpc) is 2.58. The first kappa shape index (κ1) is 11.6. The van der Waals surface area contributed by atoms with E-state index in [1.54, 1.807) is 11.8 Å². The van der Waals surface area contributed by atoms with Crippen LogP contribution in [-0.4, -0.2) is 27.9 Å². The SMILES string of the molecule is CCC(C)NCCSc1nccn1C. The summed E-state index contributed by atoms with van der Waals surface area (Å²) in [6, 6.07) is 0.622. The van der Waals surface area contributed by atoms with Gasteiger partial charge >= 0.3 is 0 Å². The van der Waals surface area contributed by atoms with Crippen LogP contribution in [0.4, 0.5) is 0 Å². The van der Waals surface area contributed by atoms with Gasteiger partial charge < -0.3 is 9.88 Å². The van der Waals surface area contributed by atoms with E-state index in [-0.39, 0.29) is 0 Å². The molecular weight excluding hydrogens is 194 g/mol. The molecule has 1 heterocycles. The zero-order valence-electron chi connectivity index (χ0n) is 9.16. The van der Waals surface area contributed by atoms with E-state index < -0.39 is 0 Å². The van der Waals surface area contributed by atoms with Gasteiger partial charge in [0.05, 0.1) is 0 Å². The van der Waals surface area contributed by atoms with Crippen LogP contribution in [0.2, 0.25) is 0 Å². The third-order valence-electron chi connectivity index (χ3n) is 2.22. The summed E-state index contributed by atoms with van der Waals surface area (Å²) in [7, 11) is 2.03. The molecule has 0 fully saturated rings. The van der Waals surface area contributed by atoms with E-state index in [2.05, 4.69) is 24.1 Å². The summed E-state index contributed by atoms with van der Waals surface area (Å²) in [6.45, 7) is 5.46. The Labute approximate surface area is 90.3 Å². The Balaban J connectivity index is 2.13. The van der Waals surface area contributed by atoms with Gasteiger partial charge in [0.15, 0.2) is 5.16 Å². The summed E-state index contributed by atoms with van der Waals surface area (Å²) in [5.74, 6) is 1.08. The fraction of sp³-hybridized carbons (Fsp3) is 0.700. The van der Waals surface area contributed by atoms with Crippen LogP contribution in [0.15, 0.2) is 17.6 Å². The van der Waals surface area contributed by atoms with Crippen molar-refractivity contribution in [2.24, 2.45) is 7.05 Å². The molecule has 0 amide bonds. The van der Waals surface area contributed by atoms with Crippen LogP contribution in [0.1, 0.15) is 20.3 Å². The number of hydrogen-bond donors (Lipinski definition) is 1. The maximum atomic E-state index is 4.25. The highest BCUT2D eigenvalue weighted by molar-refractivity contribution is 7.99. The van der Waals surface area contributed by atoms with Crippen LogP contribution in [0.3, 0.4) is 0 Å². The second-order valence-corrected chi connectivity index (χ2v) is 4.49.